The second kappa shape index (κ2) is 9.60. The van der Waals surface area contributed by atoms with Gasteiger partial charge < -0.3 is 14.4 Å². The number of benzene rings is 2. The van der Waals surface area contributed by atoms with Gasteiger partial charge in [-0.15, -0.1) is 0 Å². The number of nitrogens with zero attached hydrogens (tertiary/aromatic N) is 1. The van der Waals surface area contributed by atoms with Crippen LogP contribution in [-0.4, -0.2) is 41.4 Å². The van der Waals surface area contributed by atoms with Crippen molar-refractivity contribution < 1.29 is 46.2 Å². The lowest BCUT2D eigenvalue weighted by Gasteiger charge is -2.29. The number of imide groups is 1. The minimum absolute atomic E-state index is 0.000956. The van der Waals surface area contributed by atoms with Gasteiger partial charge in [-0.2, -0.15) is 8.78 Å². The molecule has 0 bridgehead atoms. The lowest BCUT2D eigenvalue weighted by molar-refractivity contribution is -0.136. The van der Waals surface area contributed by atoms with Crippen LogP contribution in [-0.2, 0) is 27.5 Å². The predicted octanol–water partition coefficient (Wildman–Crippen LogP) is 3.08. The highest BCUT2D eigenvalue weighted by molar-refractivity contribution is 6.05. The van der Waals surface area contributed by atoms with Crippen LogP contribution in [0.4, 0.5) is 28.0 Å². The number of carbonyl (C=O) groups excluding carboxylic acids is 4. The molecule has 0 aliphatic carbocycles. The number of halogens is 4. The van der Waals surface area contributed by atoms with E-state index in [1.54, 1.807) is 0 Å². The smallest absolute Gasteiger partial charge is 0.411 e. The number of nitrogens with one attached hydrogen (secondary N) is 2. The van der Waals surface area contributed by atoms with Crippen LogP contribution in [0.25, 0.3) is 0 Å². The van der Waals surface area contributed by atoms with Gasteiger partial charge >= 0.3 is 12.7 Å². The average molecular weight is 495 g/mol. The largest absolute Gasteiger partial charge is 0.444 e. The Morgan fingerprint density at radius 2 is 1.91 bits per heavy atom. The van der Waals surface area contributed by atoms with Crippen LogP contribution in [0.2, 0.25) is 0 Å². The summed E-state index contributed by atoms with van der Waals surface area (Å²) in [6, 6.07) is 4.22. The molecule has 2 N–H and O–H groups in total. The highest BCUT2D eigenvalue weighted by atomic mass is 19.3. The lowest BCUT2D eigenvalue weighted by Crippen LogP contribution is -2.52. The maximum absolute atomic E-state index is 14.7. The third-order valence-corrected chi connectivity index (χ3v) is 5.42. The molecule has 1 atom stereocenters. The fraction of sp³-hybridized carbons (Fsp3) is 0.273. The zero-order chi connectivity index (χ0) is 25.3. The van der Waals surface area contributed by atoms with E-state index in [1.165, 1.54) is 11.0 Å². The first-order valence-corrected chi connectivity index (χ1v) is 10.3. The van der Waals surface area contributed by atoms with E-state index < -0.39 is 60.5 Å². The van der Waals surface area contributed by atoms with Crippen LogP contribution < -0.4 is 15.4 Å². The molecule has 0 radical (unpaired) electrons. The van der Waals surface area contributed by atoms with E-state index >= 15 is 0 Å². The van der Waals surface area contributed by atoms with Crippen molar-refractivity contribution in [3.63, 3.8) is 0 Å². The van der Waals surface area contributed by atoms with Crippen LogP contribution in [0.15, 0.2) is 30.3 Å². The maximum atomic E-state index is 14.7. The van der Waals surface area contributed by atoms with Gasteiger partial charge in [0.05, 0.1) is 6.54 Å². The van der Waals surface area contributed by atoms with Crippen molar-refractivity contribution >= 4 is 29.5 Å². The monoisotopic (exact) mass is 495 g/mol. The minimum Gasteiger partial charge on any atom is -0.444 e. The molecule has 0 spiro atoms. The first kappa shape index (κ1) is 24.0. The number of hydrogen-bond donors (Lipinski definition) is 2. The van der Waals surface area contributed by atoms with Gasteiger partial charge in [0.15, 0.2) is 11.6 Å². The third-order valence-electron chi connectivity index (χ3n) is 5.42. The zero-order valence-corrected chi connectivity index (χ0v) is 17.8. The standard InChI is InChI=1S/C22H17F4N3O6/c23-14-2-1-11(7-17(14)35-21(25)26)27-22(33)34-9-10-5-12-13(15(24)6-10)8-29(20(12)32)16-3-4-18(30)28-19(16)31/h1-2,5-7,16,21H,3-4,8-9H2,(H,27,33)(H,28,30,31). The van der Waals surface area contributed by atoms with Crippen molar-refractivity contribution in [1.82, 2.24) is 10.2 Å². The molecular formula is C22H17F4N3O6. The summed E-state index contributed by atoms with van der Waals surface area (Å²) in [5.41, 5.74) is 0.116. The molecule has 0 saturated carbocycles. The summed E-state index contributed by atoms with van der Waals surface area (Å²) < 4.78 is 61.8. The van der Waals surface area contributed by atoms with Crippen molar-refractivity contribution in [2.24, 2.45) is 0 Å². The van der Waals surface area contributed by atoms with E-state index in [9.17, 15) is 36.7 Å². The maximum Gasteiger partial charge on any atom is 0.411 e. The molecular weight excluding hydrogens is 478 g/mol. The van der Waals surface area contributed by atoms with Gasteiger partial charge in [0.2, 0.25) is 11.8 Å². The Balaban J connectivity index is 1.41. The van der Waals surface area contributed by atoms with Gasteiger partial charge in [-0.05, 0) is 36.2 Å². The van der Waals surface area contributed by atoms with Crippen molar-refractivity contribution in [3.8, 4) is 5.75 Å². The van der Waals surface area contributed by atoms with E-state index in [4.69, 9.17) is 4.74 Å². The van der Waals surface area contributed by atoms with Crippen molar-refractivity contribution in [2.75, 3.05) is 5.32 Å². The van der Waals surface area contributed by atoms with Crippen LogP contribution in [0.3, 0.4) is 0 Å². The molecule has 2 aliphatic heterocycles. The van der Waals surface area contributed by atoms with Gasteiger partial charge in [-0.3, -0.25) is 25.0 Å². The van der Waals surface area contributed by atoms with E-state index in [0.717, 1.165) is 24.3 Å². The average Bonchev–Trinajstić information content (AvgIpc) is 3.11. The van der Waals surface area contributed by atoms with E-state index in [-0.39, 0.29) is 41.8 Å². The summed E-state index contributed by atoms with van der Waals surface area (Å²) in [7, 11) is 0. The fourth-order valence-electron chi connectivity index (χ4n) is 3.83. The lowest BCUT2D eigenvalue weighted by atomic mass is 10.0. The van der Waals surface area contributed by atoms with E-state index in [0.29, 0.717) is 0 Å². The first-order valence-electron chi connectivity index (χ1n) is 10.3. The van der Waals surface area contributed by atoms with Gasteiger partial charge in [0.1, 0.15) is 18.5 Å². The van der Waals surface area contributed by atoms with Gasteiger partial charge in [0.25, 0.3) is 5.91 Å². The van der Waals surface area contributed by atoms with Crippen molar-refractivity contribution in [3.05, 3.63) is 58.7 Å². The topological polar surface area (TPSA) is 114 Å². The Kier molecular flexibility index (Phi) is 6.58. The zero-order valence-electron chi connectivity index (χ0n) is 17.8. The molecule has 2 heterocycles. The molecule has 1 saturated heterocycles. The summed E-state index contributed by atoms with van der Waals surface area (Å²) >= 11 is 0. The van der Waals surface area contributed by atoms with Gasteiger partial charge in [-0.25, -0.2) is 13.6 Å². The summed E-state index contributed by atoms with van der Waals surface area (Å²) in [5.74, 6) is -4.26. The number of piperidine rings is 1. The number of rotatable bonds is 6. The molecule has 13 heteroatoms. The Bertz CT molecular complexity index is 1220. The molecule has 4 rings (SSSR count). The van der Waals surface area contributed by atoms with Crippen LogP contribution >= 0.6 is 0 Å². The molecule has 1 fully saturated rings. The minimum atomic E-state index is -3.27. The molecule has 4 amide bonds. The Labute approximate surface area is 195 Å². The molecule has 2 aromatic rings. The normalized spacial score (nSPS) is 17.3. The van der Waals surface area contributed by atoms with Crippen LogP contribution in [0, 0.1) is 11.6 Å². The molecule has 35 heavy (non-hydrogen) atoms. The molecule has 1 unspecified atom stereocenters. The summed E-state index contributed by atoms with van der Waals surface area (Å²) in [6.45, 7) is -3.87. The first-order chi connectivity index (χ1) is 16.6. The summed E-state index contributed by atoms with van der Waals surface area (Å²) in [5, 5.41) is 4.35. The molecule has 2 aliphatic rings. The summed E-state index contributed by atoms with van der Waals surface area (Å²) in [6.07, 6.45) is -0.885. The van der Waals surface area contributed by atoms with Crippen molar-refractivity contribution in [2.45, 2.75) is 38.6 Å². The van der Waals surface area contributed by atoms with Crippen LogP contribution in [0.1, 0.15) is 34.3 Å². The number of ether oxygens (including phenoxy) is 2. The summed E-state index contributed by atoms with van der Waals surface area (Å²) in [4.78, 5) is 49.5. The van der Waals surface area contributed by atoms with Gasteiger partial charge in [0, 0.05) is 29.3 Å². The number of amides is 4. The third kappa shape index (κ3) is 5.18. The van der Waals surface area contributed by atoms with E-state index in [1.807, 2.05) is 0 Å². The Morgan fingerprint density at radius 3 is 2.63 bits per heavy atom. The number of alkyl halides is 2. The second-order valence-corrected chi connectivity index (χ2v) is 7.73. The number of anilines is 1. The molecule has 2 aromatic carbocycles. The SMILES string of the molecule is O=C1CCC(N2Cc3c(F)cc(COC(=O)Nc4ccc(F)c(OC(F)F)c4)cc3C2=O)C(=O)N1. The number of carbonyl (C=O) groups is 4. The predicted molar refractivity (Wildman–Crippen MR) is 109 cm³/mol. The number of fused-ring (bicyclic) bond motifs is 1. The molecule has 0 aromatic heterocycles. The fourth-order valence-corrected chi connectivity index (χ4v) is 3.83. The van der Waals surface area contributed by atoms with Gasteiger partial charge in [-0.1, -0.05) is 0 Å². The molecule has 184 valence electrons. The molecule has 9 nitrogen and oxygen atoms in total. The van der Waals surface area contributed by atoms with Crippen LogP contribution in [0.5, 0.6) is 5.75 Å². The Morgan fingerprint density at radius 1 is 1.14 bits per heavy atom. The quantitative estimate of drug-likeness (QED) is 0.471. The Hall–Kier alpha value is -4.16. The number of hydrogen-bond acceptors (Lipinski definition) is 6. The highest BCUT2D eigenvalue weighted by Gasteiger charge is 2.40. The highest BCUT2D eigenvalue weighted by Crippen LogP contribution is 2.30. The second-order valence-electron chi connectivity index (χ2n) is 7.73. The van der Waals surface area contributed by atoms with E-state index in [2.05, 4.69) is 15.4 Å². The van der Waals surface area contributed by atoms with Crippen molar-refractivity contribution in [1.29, 1.82) is 0 Å².